The summed E-state index contributed by atoms with van der Waals surface area (Å²) in [6.07, 6.45) is 0. The molecular weight excluding hydrogens is 316 g/mol. The first-order valence-corrected chi connectivity index (χ1v) is 9.27. The molecule has 25 heavy (non-hydrogen) atoms. The summed E-state index contributed by atoms with van der Waals surface area (Å²) in [6, 6.07) is 6.26. The number of morpholine rings is 1. The minimum atomic E-state index is 0.653. The summed E-state index contributed by atoms with van der Waals surface area (Å²) in [6.45, 7) is 14.0. The monoisotopic (exact) mass is 348 g/mol. The zero-order valence-corrected chi connectivity index (χ0v) is 15.8. The Kier molecular flexibility index (Phi) is 8.55. The number of hydrogen-bond donors (Lipinski definition) is 2. The van der Waals surface area contributed by atoms with Crippen LogP contribution in [0, 0.1) is 6.92 Å². The van der Waals surface area contributed by atoms with E-state index in [0.717, 1.165) is 63.2 Å². The molecule has 140 valence electrons. The summed E-state index contributed by atoms with van der Waals surface area (Å²) in [7, 11) is 0. The Morgan fingerprint density at radius 2 is 2.04 bits per heavy atom. The predicted molar refractivity (Wildman–Crippen MR) is 102 cm³/mol. The van der Waals surface area contributed by atoms with Crippen molar-refractivity contribution in [2.75, 3.05) is 52.5 Å². The second kappa shape index (κ2) is 10.9. The van der Waals surface area contributed by atoms with Gasteiger partial charge in [0.05, 0.1) is 26.4 Å². The fourth-order valence-electron chi connectivity index (χ4n) is 2.80. The molecule has 0 atom stereocenters. The Morgan fingerprint density at radius 1 is 1.24 bits per heavy atom. The maximum atomic E-state index is 5.59. The highest BCUT2D eigenvalue weighted by Gasteiger charge is 2.09. The molecule has 1 aliphatic heterocycles. The van der Waals surface area contributed by atoms with E-state index in [-0.39, 0.29) is 0 Å². The van der Waals surface area contributed by atoms with Gasteiger partial charge in [-0.3, -0.25) is 4.90 Å². The average Bonchev–Trinajstić information content (AvgIpc) is 2.63. The molecule has 0 spiro atoms. The van der Waals surface area contributed by atoms with Crippen molar-refractivity contribution in [3.8, 4) is 5.75 Å². The maximum Gasteiger partial charge on any atom is 0.191 e. The van der Waals surface area contributed by atoms with Crippen LogP contribution in [-0.4, -0.2) is 63.4 Å². The Bertz CT molecular complexity index is 542. The van der Waals surface area contributed by atoms with Crippen LogP contribution >= 0.6 is 0 Å². The van der Waals surface area contributed by atoms with Crippen molar-refractivity contribution in [3.63, 3.8) is 0 Å². The normalized spacial score (nSPS) is 15.9. The van der Waals surface area contributed by atoms with Crippen LogP contribution in [0.1, 0.15) is 25.0 Å². The highest BCUT2D eigenvalue weighted by molar-refractivity contribution is 5.79. The van der Waals surface area contributed by atoms with Crippen molar-refractivity contribution in [1.82, 2.24) is 15.5 Å². The molecule has 1 heterocycles. The summed E-state index contributed by atoms with van der Waals surface area (Å²) in [4.78, 5) is 7.11. The van der Waals surface area contributed by atoms with Gasteiger partial charge >= 0.3 is 0 Å². The Morgan fingerprint density at radius 3 is 2.72 bits per heavy atom. The molecule has 1 fully saturated rings. The zero-order valence-electron chi connectivity index (χ0n) is 15.8. The van der Waals surface area contributed by atoms with E-state index in [2.05, 4.69) is 41.5 Å². The van der Waals surface area contributed by atoms with Crippen LogP contribution in [0.2, 0.25) is 0 Å². The number of rotatable bonds is 8. The van der Waals surface area contributed by atoms with Gasteiger partial charge in [0.2, 0.25) is 0 Å². The molecule has 1 saturated heterocycles. The number of nitrogens with zero attached hydrogens (tertiary/aromatic N) is 2. The van der Waals surface area contributed by atoms with Gasteiger partial charge in [-0.15, -0.1) is 0 Å². The number of nitrogens with one attached hydrogen (secondary N) is 2. The predicted octanol–water partition coefficient (Wildman–Crippen LogP) is 1.78. The van der Waals surface area contributed by atoms with Crippen LogP contribution in [0.25, 0.3) is 0 Å². The number of aryl methyl sites for hydroxylation is 1. The van der Waals surface area contributed by atoms with E-state index in [1.807, 2.05) is 13.0 Å². The summed E-state index contributed by atoms with van der Waals surface area (Å²) >= 11 is 0. The fraction of sp³-hybridized carbons (Fsp3) is 0.632. The van der Waals surface area contributed by atoms with E-state index in [0.29, 0.717) is 13.2 Å². The van der Waals surface area contributed by atoms with Gasteiger partial charge in [0.25, 0.3) is 0 Å². The molecule has 0 amide bonds. The Labute approximate surface area is 151 Å². The molecule has 6 heteroatoms. The minimum Gasteiger partial charge on any atom is -0.494 e. The lowest BCUT2D eigenvalue weighted by molar-refractivity contribution is 0.0389. The van der Waals surface area contributed by atoms with Gasteiger partial charge in [0, 0.05) is 32.7 Å². The molecule has 2 rings (SSSR count). The molecule has 0 radical (unpaired) electrons. The number of benzene rings is 1. The van der Waals surface area contributed by atoms with Crippen LogP contribution in [-0.2, 0) is 11.3 Å². The maximum absolute atomic E-state index is 5.59. The highest BCUT2D eigenvalue weighted by Crippen LogP contribution is 2.19. The second-order valence-electron chi connectivity index (χ2n) is 6.11. The van der Waals surface area contributed by atoms with Crippen LogP contribution in [0.5, 0.6) is 5.75 Å². The van der Waals surface area contributed by atoms with Gasteiger partial charge in [-0.1, -0.05) is 12.1 Å². The van der Waals surface area contributed by atoms with Crippen molar-refractivity contribution in [3.05, 3.63) is 29.3 Å². The van der Waals surface area contributed by atoms with Crippen molar-refractivity contribution in [1.29, 1.82) is 0 Å². The SMILES string of the molecule is CCNC(=NCc1ccc(OCC)c(C)c1)NCCN1CCOCC1. The number of aliphatic imine (C=N–C) groups is 1. The van der Waals surface area contributed by atoms with E-state index < -0.39 is 0 Å². The fourth-order valence-corrected chi connectivity index (χ4v) is 2.80. The van der Waals surface area contributed by atoms with E-state index in [1.54, 1.807) is 0 Å². The van der Waals surface area contributed by atoms with E-state index in [1.165, 1.54) is 5.56 Å². The van der Waals surface area contributed by atoms with Gasteiger partial charge < -0.3 is 20.1 Å². The van der Waals surface area contributed by atoms with Crippen LogP contribution in [0.4, 0.5) is 0 Å². The van der Waals surface area contributed by atoms with E-state index in [4.69, 9.17) is 14.5 Å². The molecular formula is C19H32N4O2. The first kappa shape index (κ1) is 19.5. The zero-order chi connectivity index (χ0) is 17.9. The number of hydrogen-bond acceptors (Lipinski definition) is 4. The van der Waals surface area contributed by atoms with E-state index in [9.17, 15) is 0 Å². The van der Waals surface area contributed by atoms with E-state index >= 15 is 0 Å². The van der Waals surface area contributed by atoms with Crippen LogP contribution in [0.15, 0.2) is 23.2 Å². The molecule has 1 aromatic carbocycles. The number of guanidine groups is 1. The van der Waals surface area contributed by atoms with Gasteiger partial charge in [-0.25, -0.2) is 4.99 Å². The molecule has 0 unspecified atom stereocenters. The third-order valence-electron chi connectivity index (χ3n) is 4.13. The Balaban J connectivity index is 1.84. The van der Waals surface area contributed by atoms with Gasteiger partial charge in [0.1, 0.15) is 5.75 Å². The Hall–Kier alpha value is -1.79. The molecule has 0 aliphatic carbocycles. The number of ether oxygens (including phenoxy) is 2. The molecule has 1 aromatic rings. The molecule has 2 N–H and O–H groups in total. The highest BCUT2D eigenvalue weighted by atomic mass is 16.5. The van der Waals surface area contributed by atoms with Crippen molar-refractivity contribution < 1.29 is 9.47 Å². The van der Waals surface area contributed by atoms with Crippen LogP contribution in [0.3, 0.4) is 0 Å². The molecule has 1 aliphatic rings. The second-order valence-corrected chi connectivity index (χ2v) is 6.11. The minimum absolute atomic E-state index is 0.653. The summed E-state index contributed by atoms with van der Waals surface area (Å²) < 4.78 is 11.0. The quantitative estimate of drug-likeness (QED) is 0.554. The summed E-state index contributed by atoms with van der Waals surface area (Å²) in [5.41, 5.74) is 2.34. The first-order valence-electron chi connectivity index (χ1n) is 9.27. The van der Waals surface area contributed by atoms with Crippen LogP contribution < -0.4 is 15.4 Å². The van der Waals surface area contributed by atoms with Gasteiger partial charge in [-0.2, -0.15) is 0 Å². The third-order valence-corrected chi connectivity index (χ3v) is 4.13. The van der Waals surface area contributed by atoms with Gasteiger partial charge in [0.15, 0.2) is 5.96 Å². The smallest absolute Gasteiger partial charge is 0.191 e. The standard InChI is InChI=1S/C19H32N4O2/c1-4-20-19(21-8-9-23-10-12-24-13-11-23)22-15-17-6-7-18(25-5-2)16(3)14-17/h6-7,14H,4-5,8-13,15H2,1-3H3,(H2,20,21,22). The molecule has 6 nitrogen and oxygen atoms in total. The lowest BCUT2D eigenvalue weighted by Gasteiger charge is -2.26. The third kappa shape index (κ3) is 6.92. The molecule has 0 aromatic heterocycles. The summed E-state index contributed by atoms with van der Waals surface area (Å²) in [5.74, 6) is 1.81. The average molecular weight is 348 g/mol. The summed E-state index contributed by atoms with van der Waals surface area (Å²) in [5, 5.41) is 6.72. The van der Waals surface area contributed by atoms with Crippen molar-refractivity contribution in [2.45, 2.75) is 27.3 Å². The molecule has 0 saturated carbocycles. The largest absolute Gasteiger partial charge is 0.494 e. The lowest BCUT2D eigenvalue weighted by atomic mass is 10.1. The topological polar surface area (TPSA) is 58.1 Å². The van der Waals surface area contributed by atoms with Crippen molar-refractivity contribution >= 4 is 5.96 Å². The molecule has 0 bridgehead atoms. The lowest BCUT2D eigenvalue weighted by Crippen LogP contribution is -2.44. The van der Waals surface area contributed by atoms with Crippen molar-refractivity contribution in [2.24, 2.45) is 4.99 Å². The van der Waals surface area contributed by atoms with Gasteiger partial charge in [-0.05, 0) is 38.0 Å². The first-order chi connectivity index (χ1) is 12.2.